The van der Waals surface area contributed by atoms with Gasteiger partial charge in [0.25, 0.3) is 0 Å². The minimum atomic E-state index is -0.0106. The molecule has 0 aromatic rings. The highest BCUT2D eigenvalue weighted by molar-refractivity contribution is 5.81. The Bertz CT molecular complexity index is 327. The van der Waals surface area contributed by atoms with Crippen LogP contribution in [-0.4, -0.2) is 48.9 Å². The van der Waals surface area contributed by atoms with Gasteiger partial charge in [-0.1, -0.05) is 12.8 Å². The molecule has 114 valence electrons. The predicted octanol–water partition coefficient (Wildman–Crippen LogP) is 1.04. The van der Waals surface area contributed by atoms with Gasteiger partial charge in [-0.15, -0.1) is 0 Å². The summed E-state index contributed by atoms with van der Waals surface area (Å²) in [6.45, 7) is 3.27. The van der Waals surface area contributed by atoms with Crippen LogP contribution in [0.5, 0.6) is 0 Å². The molecular formula is C15H27N3O2. The molecule has 1 atom stereocenters. The second-order valence-electron chi connectivity index (χ2n) is 5.84. The van der Waals surface area contributed by atoms with E-state index in [9.17, 15) is 9.59 Å². The lowest BCUT2D eigenvalue weighted by atomic mass is 10.0. The summed E-state index contributed by atoms with van der Waals surface area (Å²) < 4.78 is 0. The molecule has 2 aliphatic heterocycles. The van der Waals surface area contributed by atoms with Crippen LogP contribution in [0, 0.1) is 0 Å². The quantitative estimate of drug-likeness (QED) is 0.740. The Balaban J connectivity index is 1.60. The van der Waals surface area contributed by atoms with E-state index in [1.165, 1.54) is 6.42 Å². The van der Waals surface area contributed by atoms with Crippen LogP contribution in [0.1, 0.15) is 51.4 Å². The highest BCUT2D eigenvalue weighted by Crippen LogP contribution is 2.11. The van der Waals surface area contributed by atoms with Crippen molar-refractivity contribution in [3.8, 4) is 0 Å². The number of hydrogen-bond acceptors (Lipinski definition) is 3. The number of nitrogens with one attached hydrogen (secondary N) is 2. The number of hydrogen-bond donors (Lipinski definition) is 2. The molecule has 2 saturated heterocycles. The van der Waals surface area contributed by atoms with E-state index in [4.69, 9.17) is 0 Å². The molecule has 5 heteroatoms. The number of carbonyl (C=O) groups excluding carboxylic acids is 2. The van der Waals surface area contributed by atoms with E-state index in [0.717, 1.165) is 58.2 Å². The van der Waals surface area contributed by atoms with Gasteiger partial charge in [0, 0.05) is 26.1 Å². The van der Waals surface area contributed by atoms with E-state index >= 15 is 0 Å². The van der Waals surface area contributed by atoms with Gasteiger partial charge in [0.1, 0.15) is 0 Å². The molecular weight excluding hydrogens is 254 g/mol. The molecule has 2 rings (SSSR count). The first-order valence-electron chi connectivity index (χ1n) is 8.06. The molecule has 20 heavy (non-hydrogen) atoms. The Morgan fingerprint density at radius 2 is 2.15 bits per heavy atom. The van der Waals surface area contributed by atoms with Gasteiger partial charge in [-0.3, -0.25) is 9.59 Å². The van der Waals surface area contributed by atoms with E-state index in [1.807, 2.05) is 4.90 Å². The fourth-order valence-electron chi connectivity index (χ4n) is 2.96. The van der Waals surface area contributed by atoms with Crippen LogP contribution in [-0.2, 0) is 9.59 Å². The molecule has 2 heterocycles. The zero-order valence-electron chi connectivity index (χ0n) is 12.3. The van der Waals surface area contributed by atoms with Crippen molar-refractivity contribution in [3.63, 3.8) is 0 Å². The molecule has 0 radical (unpaired) electrons. The monoisotopic (exact) mass is 281 g/mol. The Hall–Kier alpha value is -1.10. The third kappa shape index (κ3) is 4.78. The van der Waals surface area contributed by atoms with Gasteiger partial charge in [-0.2, -0.15) is 0 Å². The second kappa shape index (κ2) is 8.25. The van der Waals surface area contributed by atoms with Crippen LogP contribution in [0.25, 0.3) is 0 Å². The molecule has 0 bridgehead atoms. The zero-order valence-corrected chi connectivity index (χ0v) is 12.3. The first-order valence-corrected chi connectivity index (χ1v) is 8.06. The van der Waals surface area contributed by atoms with Crippen LogP contribution in [0.3, 0.4) is 0 Å². The lowest BCUT2D eigenvalue weighted by Gasteiger charge is -2.23. The van der Waals surface area contributed by atoms with Gasteiger partial charge in [-0.25, -0.2) is 0 Å². The molecule has 0 aromatic heterocycles. The van der Waals surface area contributed by atoms with Gasteiger partial charge in [-0.05, 0) is 38.6 Å². The van der Waals surface area contributed by atoms with Gasteiger partial charge < -0.3 is 15.5 Å². The van der Waals surface area contributed by atoms with Crippen molar-refractivity contribution in [2.45, 2.75) is 57.4 Å². The maximum atomic E-state index is 11.9. The fourth-order valence-corrected chi connectivity index (χ4v) is 2.96. The molecule has 2 N–H and O–H groups in total. The van der Waals surface area contributed by atoms with E-state index < -0.39 is 0 Å². The number of amides is 2. The lowest BCUT2D eigenvalue weighted by molar-refractivity contribution is -0.130. The molecule has 1 unspecified atom stereocenters. The van der Waals surface area contributed by atoms with E-state index in [0.29, 0.717) is 13.0 Å². The number of piperidine rings is 1. The summed E-state index contributed by atoms with van der Waals surface area (Å²) in [6, 6.07) is -0.0106. The molecule has 2 amide bonds. The minimum absolute atomic E-state index is 0.0106. The van der Waals surface area contributed by atoms with Crippen molar-refractivity contribution in [1.82, 2.24) is 15.5 Å². The largest absolute Gasteiger partial charge is 0.355 e. The number of rotatable bonds is 5. The van der Waals surface area contributed by atoms with Crippen molar-refractivity contribution in [2.75, 3.05) is 26.2 Å². The highest BCUT2D eigenvalue weighted by atomic mass is 16.2. The summed E-state index contributed by atoms with van der Waals surface area (Å²) >= 11 is 0. The van der Waals surface area contributed by atoms with Crippen molar-refractivity contribution < 1.29 is 9.59 Å². The summed E-state index contributed by atoms with van der Waals surface area (Å²) in [4.78, 5) is 25.7. The smallest absolute Gasteiger partial charge is 0.237 e. The van der Waals surface area contributed by atoms with Gasteiger partial charge in [0.2, 0.25) is 11.8 Å². The molecule has 0 saturated carbocycles. The van der Waals surface area contributed by atoms with E-state index in [1.54, 1.807) is 0 Å². The van der Waals surface area contributed by atoms with Crippen LogP contribution >= 0.6 is 0 Å². The van der Waals surface area contributed by atoms with Crippen molar-refractivity contribution >= 4 is 11.8 Å². The predicted molar refractivity (Wildman–Crippen MR) is 78.3 cm³/mol. The first kappa shape index (κ1) is 15.3. The topological polar surface area (TPSA) is 61.4 Å². The Morgan fingerprint density at radius 1 is 1.25 bits per heavy atom. The average Bonchev–Trinajstić information content (AvgIpc) is 2.69. The maximum absolute atomic E-state index is 11.9. The van der Waals surface area contributed by atoms with E-state index in [-0.39, 0.29) is 17.9 Å². The van der Waals surface area contributed by atoms with Crippen LogP contribution in [0.2, 0.25) is 0 Å². The summed E-state index contributed by atoms with van der Waals surface area (Å²) in [6.07, 6.45) is 8.09. The Labute approximate surface area is 121 Å². The lowest BCUT2D eigenvalue weighted by Crippen LogP contribution is -2.47. The molecule has 2 fully saturated rings. The van der Waals surface area contributed by atoms with Crippen LogP contribution in [0.15, 0.2) is 0 Å². The second-order valence-corrected chi connectivity index (χ2v) is 5.84. The normalized spacial score (nSPS) is 24.3. The molecule has 0 aliphatic carbocycles. The SMILES string of the molecule is O=C(NCCCN1CCCCCC1=O)C1CCCCN1. The standard InChI is InChI=1S/C15H27N3O2/c19-14-8-2-1-5-11-18(14)12-6-10-17-15(20)13-7-3-4-9-16-13/h13,16H,1-12H2,(H,17,20). The number of nitrogens with zero attached hydrogens (tertiary/aromatic N) is 1. The highest BCUT2D eigenvalue weighted by Gasteiger charge is 2.20. The van der Waals surface area contributed by atoms with Crippen molar-refractivity contribution in [1.29, 1.82) is 0 Å². The summed E-state index contributed by atoms with van der Waals surface area (Å²) in [7, 11) is 0. The maximum Gasteiger partial charge on any atom is 0.237 e. The fraction of sp³-hybridized carbons (Fsp3) is 0.867. The zero-order chi connectivity index (χ0) is 14.2. The van der Waals surface area contributed by atoms with Gasteiger partial charge in [0.15, 0.2) is 0 Å². The number of likely N-dealkylation sites (tertiary alicyclic amines) is 1. The van der Waals surface area contributed by atoms with Crippen LogP contribution in [0.4, 0.5) is 0 Å². The minimum Gasteiger partial charge on any atom is -0.355 e. The molecule has 2 aliphatic rings. The van der Waals surface area contributed by atoms with Crippen LogP contribution < -0.4 is 10.6 Å². The molecule has 5 nitrogen and oxygen atoms in total. The van der Waals surface area contributed by atoms with Crippen molar-refractivity contribution in [3.05, 3.63) is 0 Å². The van der Waals surface area contributed by atoms with Gasteiger partial charge in [0.05, 0.1) is 6.04 Å². The molecule has 0 spiro atoms. The summed E-state index contributed by atoms with van der Waals surface area (Å²) in [5.41, 5.74) is 0. The Morgan fingerprint density at radius 3 is 2.95 bits per heavy atom. The summed E-state index contributed by atoms with van der Waals surface area (Å²) in [5, 5.41) is 6.23. The molecule has 0 aromatic carbocycles. The third-order valence-electron chi connectivity index (χ3n) is 4.20. The van der Waals surface area contributed by atoms with Crippen molar-refractivity contribution in [2.24, 2.45) is 0 Å². The third-order valence-corrected chi connectivity index (χ3v) is 4.20. The summed E-state index contributed by atoms with van der Waals surface area (Å²) in [5.74, 6) is 0.398. The van der Waals surface area contributed by atoms with Gasteiger partial charge >= 0.3 is 0 Å². The Kier molecular flexibility index (Phi) is 6.30. The average molecular weight is 281 g/mol. The van der Waals surface area contributed by atoms with E-state index in [2.05, 4.69) is 10.6 Å². The number of carbonyl (C=O) groups is 2. The first-order chi connectivity index (χ1) is 9.77.